The van der Waals surface area contributed by atoms with Crippen LogP contribution in [0.4, 0.5) is 5.69 Å². The van der Waals surface area contributed by atoms with Gasteiger partial charge in [-0.05, 0) is 28.4 Å². The van der Waals surface area contributed by atoms with E-state index in [-0.39, 0.29) is 0 Å². The van der Waals surface area contributed by atoms with Crippen LogP contribution in [0.25, 0.3) is 11.0 Å². The molecule has 2 heterocycles. The Morgan fingerprint density at radius 2 is 2.40 bits per heavy atom. The van der Waals surface area contributed by atoms with Gasteiger partial charge in [-0.25, -0.2) is 4.98 Å². The van der Waals surface area contributed by atoms with Crippen molar-refractivity contribution in [3.05, 3.63) is 16.9 Å². The number of hydrogen-bond donors (Lipinski definition) is 2. The second-order valence-electron chi connectivity index (χ2n) is 3.41. The average molecular weight is 269 g/mol. The molecule has 2 rings (SSSR count). The van der Waals surface area contributed by atoms with Gasteiger partial charge in [0.1, 0.15) is 15.6 Å². The number of aromatic amines is 1. The summed E-state index contributed by atoms with van der Waals surface area (Å²) >= 11 is 3.35. The molecule has 0 aliphatic heterocycles. The molecule has 0 aromatic carbocycles. The first-order valence-electron chi connectivity index (χ1n) is 5.04. The van der Waals surface area contributed by atoms with Crippen LogP contribution in [0.1, 0.15) is 19.8 Å². The lowest BCUT2D eigenvalue weighted by Gasteiger charge is -2.03. The SMILES string of the molecule is CCCCNc1cnc2c(Br)[nH]nc2c1. The predicted molar refractivity (Wildman–Crippen MR) is 65.0 cm³/mol. The summed E-state index contributed by atoms with van der Waals surface area (Å²) in [6.45, 7) is 3.16. The summed E-state index contributed by atoms with van der Waals surface area (Å²) in [4.78, 5) is 4.32. The standard InChI is InChI=1S/C10H13BrN4/c1-2-3-4-12-7-5-8-9(13-6-7)10(11)15-14-8/h5-6,12H,2-4H2,1H3,(H,14,15). The number of nitrogens with one attached hydrogen (secondary N) is 2. The average Bonchev–Trinajstić information content (AvgIpc) is 2.61. The third-order valence-corrected chi connectivity index (χ3v) is 2.76. The van der Waals surface area contributed by atoms with E-state index in [9.17, 15) is 0 Å². The number of hydrogen-bond acceptors (Lipinski definition) is 3. The smallest absolute Gasteiger partial charge is 0.127 e. The van der Waals surface area contributed by atoms with Crippen molar-refractivity contribution in [3.8, 4) is 0 Å². The number of unbranched alkanes of at least 4 members (excludes halogenated alkanes) is 1. The molecular weight excluding hydrogens is 256 g/mol. The van der Waals surface area contributed by atoms with E-state index in [0.29, 0.717) is 0 Å². The van der Waals surface area contributed by atoms with Crippen LogP contribution >= 0.6 is 15.9 Å². The Hall–Kier alpha value is -1.10. The lowest BCUT2D eigenvalue weighted by Crippen LogP contribution is -2.00. The first-order valence-corrected chi connectivity index (χ1v) is 5.84. The molecule has 0 spiro atoms. The van der Waals surface area contributed by atoms with Crippen molar-refractivity contribution in [2.75, 3.05) is 11.9 Å². The molecule has 2 aromatic rings. The van der Waals surface area contributed by atoms with Gasteiger partial charge in [0.25, 0.3) is 0 Å². The van der Waals surface area contributed by atoms with Crippen LogP contribution < -0.4 is 5.32 Å². The highest BCUT2D eigenvalue weighted by atomic mass is 79.9. The Morgan fingerprint density at radius 3 is 3.20 bits per heavy atom. The molecule has 0 unspecified atom stereocenters. The van der Waals surface area contributed by atoms with Crippen LogP contribution in [0.3, 0.4) is 0 Å². The summed E-state index contributed by atoms with van der Waals surface area (Å²) in [5.74, 6) is 0. The minimum atomic E-state index is 0.831. The number of aromatic nitrogens is 3. The highest BCUT2D eigenvalue weighted by Gasteiger charge is 2.04. The summed E-state index contributed by atoms with van der Waals surface area (Å²) in [6.07, 6.45) is 4.19. The molecule has 2 aromatic heterocycles. The zero-order valence-electron chi connectivity index (χ0n) is 8.55. The van der Waals surface area contributed by atoms with Crippen molar-refractivity contribution in [2.45, 2.75) is 19.8 Å². The van der Waals surface area contributed by atoms with E-state index in [1.165, 1.54) is 12.8 Å². The minimum absolute atomic E-state index is 0.831. The number of nitrogens with zero attached hydrogens (tertiary/aromatic N) is 2. The Kier molecular flexibility index (Phi) is 3.20. The van der Waals surface area contributed by atoms with E-state index in [0.717, 1.165) is 27.9 Å². The van der Waals surface area contributed by atoms with Gasteiger partial charge >= 0.3 is 0 Å². The van der Waals surface area contributed by atoms with Crippen molar-refractivity contribution in [1.29, 1.82) is 0 Å². The molecule has 80 valence electrons. The second-order valence-corrected chi connectivity index (χ2v) is 4.20. The maximum atomic E-state index is 4.32. The number of pyridine rings is 1. The molecule has 4 nitrogen and oxygen atoms in total. The lowest BCUT2D eigenvalue weighted by molar-refractivity contribution is 0.834. The summed E-state index contributed by atoms with van der Waals surface area (Å²) in [7, 11) is 0. The maximum Gasteiger partial charge on any atom is 0.127 e. The lowest BCUT2D eigenvalue weighted by atomic mass is 10.3. The first-order chi connectivity index (χ1) is 7.31. The van der Waals surface area contributed by atoms with Gasteiger partial charge in [0.05, 0.1) is 11.9 Å². The molecule has 0 bridgehead atoms. The fourth-order valence-corrected chi connectivity index (χ4v) is 1.77. The van der Waals surface area contributed by atoms with Gasteiger partial charge in [-0.2, -0.15) is 5.10 Å². The zero-order valence-corrected chi connectivity index (χ0v) is 10.1. The second kappa shape index (κ2) is 4.61. The van der Waals surface area contributed by atoms with E-state index in [2.05, 4.69) is 43.4 Å². The van der Waals surface area contributed by atoms with Gasteiger partial charge in [0, 0.05) is 6.54 Å². The zero-order chi connectivity index (χ0) is 10.7. The highest BCUT2D eigenvalue weighted by molar-refractivity contribution is 9.10. The molecule has 5 heteroatoms. The summed E-state index contributed by atoms with van der Waals surface area (Å²) in [5.41, 5.74) is 2.77. The van der Waals surface area contributed by atoms with Crippen molar-refractivity contribution in [2.24, 2.45) is 0 Å². The molecule has 0 aliphatic carbocycles. The van der Waals surface area contributed by atoms with E-state index in [1.54, 1.807) is 0 Å². The van der Waals surface area contributed by atoms with Crippen LogP contribution in [-0.4, -0.2) is 21.7 Å². The first kappa shape index (κ1) is 10.4. The maximum absolute atomic E-state index is 4.32. The molecular formula is C10H13BrN4. The van der Waals surface area contributed by atoms with E-state index in [4.69, 9.17) is 0 Å². The molecule has 0 radical (unpaired) electrons. The Bertz CT molecular complexity index is 452. The van der Waals surface area contributed by atoms with Crippen LogP contribution in [0.15, 0.2) is 16.9 Å². The van der Waals surface area contributed by atoms with Gasteiger partial charge in [0.2, 0.25) is 0 Å². The Labute approximate surface area is 96.6 Å². The molecule has 2 N–H and O–H groups in total. The number of halogens is 1. The van der Waals surface area contributed by atoms with Gasteiger partial charge in [0.15, 0.2) is 0 Å². The number of fused-ring (bicyclic) bond motifs is 1. The van der Waals surface area contributed by atoms with Crippen LogP contribution in [0.5, 0.6) is 0 Å². The Balaban J connectivity index is 2.16. The quantitative estimate of drug-likeness (QED) is 0.839. The van der Waals surface area contributed by atoms with Crippen molar-refractivity contribution >= 4 is 32.7 Å². The van der Waals surface area contributed by atoms with Gasteiger partial charge < -0.3 is 5.32 Å². The predicted octanol–water partition coefficient (Wildman–Crippen LogP) is 2.93. The van der Waals surface area contributed by atoms with Crippen LogP contribution in [0, 0.1) is 0 Å². The van der Waals surface area contributed by atoms with Gasteiger partial charge in [-0.15, -0.1) is 0 Å². The van der Waals surface area contributed by atoms with Crippen molar-refractivity contribution in [1.82, 2.24) is 15.2 Å². The van der Waals surface area contributed by atoms with Gasteiger partial charge in [-0.3, -0.25) is 5.10 Å². The van der Waals surface area contributed by atoms with Crippen LogP contribution in [-0.2, 0) is 0 Å². The molecule has 0 saturated carbocycles. The fourth-order valence-electron chi connectivity index (χ4n) is 1.38. The van der Waals surface area contributed by atoms with E-state index in [1.807, 2.05) is 12.3 Å². The summed E-state index contributed by atoms with van der Waals surface area (Å²) in [5, 5.41) is 10.3. The van der Waals surface area contributed by atoms with Gasteiger partial charge in [-0.1, -0.05) is 13.3 Å². The molecule has 0 fully saturated rings. The largest absolute Gasteiger partial charge is 0.384 e. The monoisotopic (exact) mass is 268 g/mol. The van der Waals surface area contributed by atoms with E-state index >= 15 is 0 Å². The number of anilines is 1. The molecule has 0 amide bonds. The topological polar surface area (TPSA) is 53.6 Å². The summed E-state index contributed by atoms with van der Waals surface area (Å²) in [6, 6.07) is 2.00. The molecule has 0 atom stereocenters. The molecule has 0 saturated heterocycles. The Morgan fingerprint density at radius 1 is 1.53 bits per heavy atom. The van der Waals surface area contributed by atoms with E-state index < -0.39 is 0 Å². The normalized spacial score (nSPS) is 10.8. The molecule has 15 heavy (non-hydrogen) atoms. The number of rotatable bonds is 4. The minimum Gasteiger partial charge on any atom is -0.384 e. The van der Waals surface area contributed by atoms with Crippen molar-refractivity contribution in [3.63, 3.8) is 0 Å². The fraction of sp³-hybridized carbons (Fsp3) is 0.400. The summed E-state index contributed by atoms with van der Waals surface area (Å²) < 4.78 is 0.831. The molecule has 0 aliphatic rings. The third kappa shape index (κ3) is 2.28. The van der Waals surface area contributed by atoms with Crippen molar-refractivity contribution < 1.29 is 0 Å². The van der Waals surface area contributed by atoms with Crippen LogP contribution in [0.2, 0.25) is 0 Å². The third-order valence-electron chi connectivity index (χ3n) is 2.21. The number of H-pyrrole nitrogens is 1. The highest BCUT2D eigenvalue weighted by Crippen LogP contribution is 2.20.